The van der Waals surface area contributed by atoms with Crippen LogP contribution in [0.4, 0.5) is 11.4 Å². The van der Waals surface area contributed by atoms with Gasteiger partial charge < -0.3 is 15.1 Å². The molecule has 1 aromatic rings. The van der Waals surface area contributed by atoms with Gasteiger partial charge in [0.2, 0.25) is 11.8 Å². The lowest BCUT2D eigenvalue weighted by Crippen LogP contribution is -2.37. The van der Waals surface area contributed by atoms with Crippen LogP contribution < -0.4 is 10.2 Å². The Balaban J connectivity index is 1.53. The zero-order valence-electron chi connectivity index (χ0n) is 17.7. The van der Waals surface area contributed by atoms with Gasteiger partial charge in [0.25, 0.3) is 0 Å². The van der Waals surface area contributed by atoms with Crippen molar-refractivity contribution in [1.82, 2.24) is 4.90 Å². The van der Waals surface area contributed by atoms with Crippen LogP contribution in [0.5, 0.6) is 0 Å². The lowest BCUT2D eigenvalue weighted by atomic mass is 9.81. The minimum atomic E-state index is 0.0180. The number of nitrogens with one attached hydrogen (secondary N) is 1. The maximum atomic E-state index is 12.8. The molecule has 1 saturated heterocycles. The van der Waals surface area contributed by atoms with E-state index < -0.39 is 0 Å². The average molecular weight is 386 g/mol. The van der Waals surface area contributed by atoms with E-state index in [1.807, 2.05) is 17.9 Å². The van der Waals surface area contributed by atoms with Gasteiger partial charge in [0.15, 0.2) is 0 Å². The Morgan fingerprint density at radius 1 is 1.04 bits per heavy atom. The fourth-order valence-electron chi connectivity index (χ4n) is 4.61. The van der Waals surface area contributed by atoms with Crippen molar-refractivity contribution in [3.05, 3.63) is 23.8 Å². The SMILES string of the molecule is CCN(CC)c1ccc(NC(=O)C2CCC(C(=O)N3CCCC3)CC2)c(C)c1. The van der Waals surface area contributed by atoms with Gasteiger partial charge in [0.1, 0.15) is 0 Å². The van der Waals surface area contributed by atoms with Crippen LogP contribution in [0.2, 0.25) is 0 Å². The highest BCUT2D eigenvalue weighted by atomic mass is 16.2. The molecule has 0 spiro atoms. The monoisotopic (exact) mass is 385 g/mol. The smallest absolute Gasteiger partial charge is 0.227 e. The van der Waals surface area contributed by atoms with E-state index in [-0.39, 0.29) is 17.7 Å². The summed E-state index contributed by atoms with van der Waals surface area (Å²) in [7, 11) is 0. The first-order valence-corrected chi connectivity index (χ1v) is 11.0. The second-order valence-corrected chi connectivity index (χ2v) is 8.24. The van der Waals surface area contributed by atoms with Crippen LogP contribution in [0.25, 0.3) is 0 Å². The maximum absolute atomic E-state index is 12.8. The number of hydrogen-bond acceptors (Lipinski definition) is 3. The van der Waals surface area contributed by atoms with Crippen molar-refractivity contribution >= 4 is 23.2 Å². The van der Waals surface area contributed by atoms with E-state index >= 15 is 0 Å². The van der Waals surface area contributed by atoms with Crippen molar-refractivity contribution in [2.75, 3.05) is 36.4 Å². The molecule has 1 saturated carbocycles. The largest absolute Gasteiger partial charge is 0.372 e. The molecule has 1 aromatic carbocycles. The molecule has 0 aromatic heterocycles. The molecule has 5 heteroatoms. The van der Waals surface area contributed by atoms with Crippen LogP contribution >= 0.6 is 0 Å². The molecular weight excluding hydrogens is 350 g/mol. The Kier molecular flexibility index (Phi) is 6.97. The summed E-state index contributed by atoms with van der Waals surface area (Å²) < 4.78 is 0. The number of hydrogen-bond donors (Lipinski definition) is 1. The van der Waals surface area contributed by atoms with E-state index in [1.54, 1.807) is 0 Å². The fraction of sp³-hybridized carbons (Fsp3) is 0.652. The van der Waals surface area contributed by atoms with Gasteiger partial charge in [-0.15, -0.1) is 0 Å². The second kappa shape index (κ2) is 9.44. The number of aryl methyl sites for hydroxylation is 1. The number of likely N-dealkylation sites (tertiary alicyclic amines) is 1. The summed E-state index contributed by atoms with van der Waals surface area (Å²) in [6.45, 7) is 10.1. The van der Waals surface area contributed by atoms with Crippen molar-refractivity contribution in [2.45, 2.75) is 59.3 Å². The highest BCUT2D eigenvalue weighted by Crippen LogP contribution is 2.32. The number of carbonyl (C=O) groups is 2. The lowest BCUT2D eigenvalue weighted by molar-refractivity contribution is -0.136. The molecule has 154 valence electrons. The molecule has 2 aliphatic rings. The predicted octanol–water partition coefficient (Wildman–Crippen LogP) is 4.21. The normalized spacial score (nSPS) is 22.2. The van der Waals surface area contributed by atoms with E-state index in [0.717, 1.165) is 76.0 Å². The Labute approximate surface area is 169 Å². The summed E-state index contributed by atoms with van der Waals surface area (Å²) in [6, 6.07) is 6.25. The molecule has 1 aliphatic heterocycles. The third-order valence-electron chi connectivity index (χ3n) is 6.46. The molecule has 1 aliphatic carbocycles. The van der Waals surface area contributed by atoms with Crippen LogP contribution in [0, 0.1) is 18.8 Å². The Hall–Kier alpha value is -2.04. The minimum absolute atomic E-state index is 0.0180. The molecule has 5 nitrogen and oxygen atoms in total. The molecule has 1 N–H and O–H groups in total. The minimum Gasteiger partial charge on any atom is -0.372 e. The molecule has 2 fully saturated rings. The number of carbonyl (C=O) groups excluding carboxylic acids is 2. The van der Waals surface area contributed by atoms with Crippen molar-refractivity contribution in [1.29, 1.82) is 0 Å². The number of anilines is 2. The summed E-state index contributed by atoms with van der Waals surface area (Å²) in [6.07, 6.45) is 5.58. The molecule has 2 amide bonds. The van der Waals surface area contributed by atoms with Gasteiger partial charge in [-0.05, 0) is 83.1 Å². The van der Waals surface area contributed by atoms with Crippen molar-refractivity contribution in [3.63, 3.8) is 0 Å². The Bertz CT molecular complexity index is 685. The van der Waals surface area contributed by atoms with Gasteiger partial charge in [-0.1, -0.05) is 0 Å². The third-order valence-corrected chi connectivity index (χ3v) is 6.46. The first-order chi connectivity index (χ1) is 13.5. The molecule has 28 heavy (non-hydrogen) atoms. The number of rotatable bonds is 6. The Morgan fingerprint density at radius 3 is 2.21 bits per heavy atom. The second-order valence-electron chi connectivity index (χ2n) is 8.24. The van der Waals surface area contributed by atoms with Crippen LogP contribution in [0.3, 0.4) is 0 Å². The van der Waals surface area contributed by atoms with Gasteiger partial charge in [-0.3, -0.25) is 9.59 Å². The predicted molar refractivity (Wildman–Crippen MR) is 115 cm³/mol. The van der Waals surface area contributed by atoms with Crippen molar-refractivity contribution < 1.29 is 9.59 Å². The van der Waals surface area contributed by atoms with Crippen LogP contribution in [-0.2, 0) is 9.59 Å². The molecule has 1 heterocycles. The van der Waals surface area contributed by atoms with Gasteiger partial charge in [-0.25, -0.2) is 0 Å². The third kappa shape index (κ3) is 4.68. The standard InChI is InChI=1S/C23H35N3O2/c1-4-25(5-2)20-12-13-21(17(3)16-20)24-22(27)18-8-10-19(11-9-18)23(28)26-14-6-7-15-26/h12-13,16,18-19H,4-11,14-15H2,1-3H3,(H,24,27). The van der Waals surface area contributed by atoms with Crippen LogP contribution in [-0.4, -0.2) is 42.9 Å². The van der Waals surface area contributed by atoms with Gasteiger partial charge in [-0.2, -0.15) is 0 Å². The van der Waals surface area contributed by atoms with Crippen LogP contribution in [0.15, 0.2) is 18.2 Å². The topological polar surface area (TPSA) is 52.7 Å². The van der Waals surface area contributed by atoms with E-state index in [4.69, 9.17) is 0 Å². The zero-order chi connectivity index (χ0) is 20.1. The van der Waals surface area contributed by atoms with Crippen molar-refractivity contribution in [2.24, 2.45) is 11.8 Å². The molecule has 3 rings (SSSR count). The van der Waals surface area contributed by atoms with E-state index in [0.29, 0.717) is 5.91 Å². The molecule has 0 unspecified atom stereocenters. The van der Waals surface area contributed by atoms with E-state index in [9.17, 15) is 9.59 Å². The fourth-order valence-corrected chi connectivity index (χ4v) is 4.61. The maximum Gasteiger partial charge on any atom is 0.227 e. The van der Waals surface area contributed by atoms with E-state index in [2.05, 4.69) is 36.2 Å². The van der Waals surface area contributed by atoms with Crippen LogP contribution in [0.1, 0.15) is 57.9 Å². The average Bonchev–Trinajstić information content (AvgIpc) is 3.25. The Morgan fingerprint density at radius 2 is 1.64 bits per heavy atom. The zero-order valence-corrected chi connectivity index (χ0v) is 17.7. The summed E-state index contributed by atoms with van der Waals surface area (Å²) in [4.78, 5) is 29.7. The number of nitrogens with zero attached hydrogens (tertiary/aromatic N) is 2. The lowest BCUT2D eigenvalue weighted by Gasteiger charge is -2.30. The summed E-state index contributed by atoms with van der Waals surface area (Å²) in [5.74, 6) is 0.562. The van der Waals surface area contributed by atoms with Gasteiger partial charge in [0, 0.05) is 49.4 Å². The summed E-state index contributed by atoms with van der Waals surface area (Å²) in [5.41, 5.74) is 3.19. The number of amides is 2. The summed E-state index contributed by atoms with van der Waals surface area (Å²) in [5, 5.41) is 3.13. The molecule has 0 bridgehead atoms. The first-order valence-electron chi connectivity index (χ1n) is 11.0. The van der Waals surface area contributed by atoms with Crippen molar-refractivity contribution in [3.8, 4) is 0 Å². The molecule has 0 radical (unpaired) electrons. The summed E-state index contributed by atoms with van der Waals surface area (Å²) >= 11 is 0. The number of benzene rings is 1. The van der Waals surface area contributed by atoms with Gasteiger partial charge in [0.05, 0.1) is 0 Å². The highest BCUT2D eigenvalue weighted by molar-refractivity contribution is 5.93. The highest BCUT2D eigenvalue weighted by Gasteiger charge is 2.33. The first kappa shape index (κ1) is 20.7. The molecular formula is C23H35N3O2. The van der Waals surface area contributed by atoms with E-state index in [1.165, 1.54) is 5.69 Å². The van der Waals surface area contributed by atoms with Gasteiger partial charge >= 0.3 is 0 Å². The molecule has 0 atom stereocenters. The quantitative estimate of drug-likeness (QED) is 0.798.